The summed E-state index contributed by atoms with van der Waals surface area (Å²) >= 11 is 0. The van der Waals surface area contributed by atoms with Crippen LogP contribution >= 0.6 is 0 Å². The van der Waals surface area contributed by atoms with E-state index in [0.29, 0.717) is 19.3 Å². The molecule has 0 aromatic heterocycles. The van der Waals surface area contributed by atoms with Crippen molar-refractivity contribution < 1.29 is 28.6 Å². The molecule has 0 aliphatic carbocycles. The lowest BCUT2D eigenvalue weighted by Crippen LogP contribution is -2.30. The predicted molar refractivity (Wildman–Crippen MR) is 352 cm³/mol. The molecule has 1 atom stereocenters. The van der Waals surface area contributed by atoms with Gasteiger partial charge in [-0.2, -0.15) is 0 Å². The van der Waals surface area contributed by atoms with Crippen LogP contribution < -0.4 is 0 Å². The Morgan fingerprint density at radius 3 is 0.716 bits per heavy atom. The van der Waals surface area contributed by atoms with Gasteiger partial charge in [-0.1, -0.05) is 268 Å². The molecule has 0 aliphatic heterocycles. The van der Waals surface area contributed by atoms with Crippen molar-refractivity contribution in [1.29, 1.82) is 0 Å². The van der Waals surface area contributed by atoms with E-state index in [-0.39, 0.29) is 37.5 Å². The van der Waals surface area contributed by atoms with Gasteiger partial charge in [0.05, 0.1) is 0 Å². The summed E-state index contributed by atoms with van der Waals surface area (Å²) in [7, 11) is 0. The van der Waals surface area contributed by atoms with E-state index in [1.54, 1.807) is 0 Å². The van der Waals surface area contributed by atoms with Crippen molar-refractivity contribution >= 4 is 17.9 Å². The average molecular weight is 1120 g/mol. The van der Waals surface area contributed by atoms with E-state index in [2.05, 4.69) is 191 Å². The third-order valence-electron chi connectivity index (χ3n) is 13.2. The number of carbonyl (C=O) groups excluding carboxylic acids is 3. The Morgan fingerprint density at radius 2 is 0.444 bits per heavy atom. The quantitative estimate of drug-likeness (QED) is 0.0261. The number of unbranched alkanes of at least 4 members (excludes halogenated alkanes) is 18. The van der Waals surface area contributed by atoms with Gasteiger partial charge >= 0.3 is 17.9 Å². The van der Waals surface area contributed by atoms with Crippen molar-refractivity contribution in [2.75, 3.05) is 13.2 Å². The average Bonchev–Trinajstić information content (AvgIpc) is 3.47. The molecule has 0 amide bonds. The van der Waals surface area contributed by atoms with Crippen LogP contribution in [0, 0.1) is 0 Å². The van der Waals surface area contributed by atoms with Crippen molar-refractivity contribution in [3.05, 3.63) is 170 Å². The summed E-state index contributed by atoms with van der Waals surface area (Å²) in [6.07, 6.45) is 99.3. The monoisotopic (exact) mass is 1110 g/mol. The van der Waals surface area contributed by atoms with E-state index in [1.807, 2.05) is 0 Å². The standard InChI is InChI=1S/C75H118O6/c1-4-7-10-13-16-19-22-25-28-30-32-34-35-36-37-38-39-41-42-44-47-50-53-56-59-62-65-68-74(77)80-71-72(70-79-73(76)67-64-61-58-55-52-49-46-27-24-21-18-15-12-9-6-3)81-75(78)69-66-63-60-57-54-51-48-45-43-40-33-31-29-26-23-20-17-14-11-8-5-2/h7-12,16-21,25-29,32-34,36-37,40,45-46,48,54,57,72H,4-6,13-15,22-24,30-31,35,38-39,41-44,47,49-53,55-56,58-71H2,1-3H3/b10-7-,11-8-,12-9-,19-16-,20-17-,21-18-,28-25-,29-26-,34-32-,37-36-,40-33-,46-27-,48-45-,57-54-. The highest BCUT2D eigenvalue weighted by atomic mass is 16.6. The van der Waals surface area contributed by atoms with E-state index in [4.69, 9.17) is 14.2 Å². The van der Waals surface area contributed by atoms with Gasteiger partial charge in [0.1, 0.15) is 13.2 Å². The third-order valence-corrected chi connectivity index (χ3v) is 13.2. The van der Waals surface area contributed by atoms with Crippen molar-refractivity contribution in [3.8, 4) is 0 Å². The third kappa shape index (κ3) is 65.5. The number of allylic oxidation sites excluding steroid dienone is 28. The molecular weight excluding hydrogens is 997 g/mol. The highest BCUT2D eigenvalue weighted by Gasteiger charge is 2.19. The van der Waals surface area contributed by atoms with Crippen LogP contribution in [-0.4, -0.2) is 37.2 Å². The van der Waals surface area contributed by atoms with Gasteiger partial charge in [0, 0.05) is 19.3 Å². The van der Waals surface area contributed by atoms with Gasteiger partial charge in [0.25, 0.3) is 0 Å². The number of ether oxygens (including phenoxy) is 3. The first-order chi connectivity index (χ1) is 40.0. The second kappa shape index (κ2) is 67.3. The zero-order valence-electron chi connectivity index (χ0n) is 52.0. The van der Waals surface area contributed by atoms with E-state index < -0.39 is 6.10 Å². The maximum absolute atomic E-state index is 12.9. The highest BCUT2D eigenvalue weighted by Crippen LogP contribution is 2.15. The molecule has 0 aromatic carbocycles. The topological polar surface area (TPSA) is 78.9 Å². The van der Waals surface area contributed by atoms with Crippen LogP contribution in [0.1, 0.15) is 265 Å². The zero-order chi connectivity index (χ0) is 58.5. The number of esters is 3. The van der Waals surface area contributed by atoms with Crippen molar-refractivity contribution in [1.82, 2.24) is 0 Å². The van der Waals surface area contributed by atoms with Crippen LogP contribution in [0.2, 0.25) is 0 Å². The van der Waals surface area contributed by atoms with Gasteiger partial charge in [-0.3, -0.25) is 14.4 Å². The molecule has 81 heavy (non-hydrogen) atoms. The Morgan fingerprint density at radius 1 is 0.247 bits per heavy atom. The first kappa shape index (κ1) is 75.8. The lowest BCUT2D eigenvalue weighted by atomic mass is 10.0. The summed E-state index contributed by atoms with van der Waals surface area (Å²) < 4.78 is 16.9. The van der Waals surface area contributed by atoms with Crippen molar-refractivity contribution in [3.63, 3.8) is 0 Å². The molecular formula is C75H118O6. The summed E-state index contributed by atoms with van der Waals surface area (Å²) in [5.41, 5.74) is 0. The molecule has 0 N–H and O–H groups in total. The summed E-state index contributed by atoms with van der Waals surface area (Å²) in [6.45, 7) is 6.25. The molecule has 0 spiro atoms. The predicted octanol–water partition coefficient (Wildman–Crippen LogP) is 22.7. The Balaban J connectivity index is 4.45. The van der Waals surface area contributed by atoms with Gasteiger partial charge in [-0.15, -0.1) is 0 Å². The second-order valence-corrected chi connectivity index (χ2v) is 20.9. The molecule has 0 saturated heterocycles. The van der Waals surface area contributed by atoms with Gasteiger partial charge in [-0.05, 0) is 148 Å². The van der Waals surface area contributed by atoms with E-state index in [9.17, 15) is 14.4 Å². The van der Waals surface area contributed by atoms with Crippen molar-refractivity contribution in [2.45, 2.75) is 271 Å². The molecule has 0 aliphatic rings. The number of rotatable bonds is 57. The highest BCUT2D eigenvalue weighted by molar-refractivity contribution is 5.71. The molecule has 0 heterocycles. The second-order valence-electron chi connectivity index (χ2n) is 20.9. The molecule has 0 bridgehead atoms. The molecule has 454 valence electrons. The summed E-state index contributed by atoms with van der Waals surface area (Å²) in [4.78, 5) is 38.4. The van der Waals surface area contributed by atoms with Crippen LogP contribution in [0.3, 0.4) is 0 Å². The summed E-state index contributed by atoms with van der Waals surface area (Å²) in [6, 6.07) is 0. The fraction of sp³-hybridized carbons (Fsp3) is 0.587. The molecule has 0 radical (unpaired) electrons. The van der Waals surface area contributed by atoms with E-state index in [1.165, 1.54) is 57.8 Å². The normalized spacial score (nSPS) is 13.3. The van der Waals surface area contributed by atoms with Gasteiger partial charge < -0.3 is 14.2 Å². The molecule has 1 unspecified atom stereocenters. The fourth-order valence-electron chi connectivity index (χ4n) is 8.43. The summed E-state index contributed by atoms with van der Waals surface area (Å²) in [5, 5.41) is 0. The van der Waals surface area contributed by atoms with Gasteiger partial charge in [0.2, 0.25) is 0 Å². The molecule has 0 saturated carbocycles. The molecule has 6 heteroatoms. The number of carbonyl (C=O) groups is 3. The molecule has 0 aromatic rings. The minimum absolute atomic E-state index is 0.110. The van der Waals surface area contributed by atoms with Crippen LogP contribution in [0.4, 0.5) is 0 Å². The number of hydrogen-bond acceptors (Lipinski definition) is 6. The number of hydrogen-bond donors (Lipinski definition) is 0. The lowest BCUT2D eigenvalue weighted by molar-refractivity contribution is -0.167. The fourth-order valence-corrected chi connectivity index (χ4v) is 8.43. The Kier molecular flexibility index (Phi) is 62.9. The maximum atomic E-state index is 12.9. The van der Waals surface area contributed by atoms with Gasteiger partial charge in [-0.25, -0.2) is 0 Å². The van der Waals surface area contributed by atoms with Crippen LogP contribution in [-0.2, 0) is 28.6 Å². The minimum Gasteiger partial charge on any atom is -0.462 e. The largest absolute Gasteiger partial charge is 0.462 e. The zero-order valence-corrected chi connectivity index (χ0v) is 52.0. The van der Waals surface area contributed by atoms with Crippen LogP contribution in [0.5, 0.6) is 0 Å². The molecule has 0 rings (SSSR count). The van der Waals surface area contributed by atoms with Crippen LogP contribution in [0.15, 0.2) is 170 Å². The lowest BCUT2D eigenvalue weighted by Gasteiger charge is -2.18. The smallest absolute Gasteiger partial charge is 0.306 e. The maximum Gasteiger partial charge on any atom is 0.306 e. The Labute approximate surface area is 498 Å². The first-order valence-corrected chi connectivity index (χ1v) is 32.6. The van der Waals surface area contributed by atoms with E-state index >= 15 is 0 Å². The molecule has 0 fully saturated rings. The molecule has 6 nitrogen and oxygen atoms in total. The Hall–Kier alpha value is -5.23. The van der Waals surface area contributed by atoms with Crippen LogP contribution in [0.25, 0.3) is 0 Å². The Bertz CT molecular complexity index is 1860. The van der Waals surface area contributed by atoms with E-state index in [0.717, 1.165) is 161 Å². The summed E-state index contributed by atoms with van der Waals surface area (Å²) in [5.74, 6) is -0.978. The first-order valence-electron chi connectivity index (χ1n) is 32.6. The van der Waals surface area contributed by atoms with Gasteiger partial charge in [0.15, 0.2) is 6.10 Å². The van der Waals surface area contributed by atoms with Crippen molar-refractivity contribution in [2.24, 2.45) is 0 Å². The minimum atomic E-state index is -0.820. The SMILES string of the molecule is CC/C=C\C/C=C\C/C=C\C/C=C\C/C=C\C/C=C\CCCCC(=O)OC(COC(=O)CCCCCCC/C=C\C/C=C\C/C=C\CC)COC(=O)CCCCCCCCCCCCC/C=C\C/C=C\C/C=C\C/C=C\C/C=C\CC.